The highest BCUT2D eigenvalue weighted by atomic mass is 16.5. The second-order valence-electron chi connectivity index (χ2n) is 6.04. The van der Waals surface area contributed by atoms with Crippen LogP contribution < -0.4 is 10.6 Å². The average Bonchev–Trinajstić information content (AvgIpc) is 2.73. The van der Waals surface area contributed by atoms with E-state index in [-0.39, 0.29) is 0 Å². The molecule has 8 nitrogen and oxygen atoms in total. The lowest BCUT2D eigenvalue weighted by Crippen LogP contribution is -2.09. The predicted molar refractivity (Wildman–Crippen MR) is 109 cm³/mol. The van der Waals surface area contributed by atoms with E-state index in [1.807, 2.05) is 6.92 Å². The van der Waals surface area contributed by atoms with Gasteiger partial charge in [-0.15, -0.1) is 0 Å². The number of rotatable bonds is 6. The van der Waals surface area contributed by atoms with Crippen molar-refractivity contribution in [1.82, 2.24) is 9.97 Å². The van der Waals surface area contributed by atoms with Crippen molar-refractivity contribution in [2.45, 2.75) is 6.92 Å². The number of carbonyl (C=O) groups is 2. The number of nitrogens with one attached hydrogen (secondary N) is 2. The van der Waals surface area contributed by atoms with E-state index in [0.717, 1.165) is 0 Å². The minimum atomic E-state index is -0.467. The molecule has 0 atom stereocenters. The lowest BCUT2D eigenvalue weighted by atomic mass is 10.2. The minimum absolute atomic E-state index is 0.291. The zero-order valence-electron chi connectivity index (χ0n) is 16.2. The molecule has 1 aromatic heterocycles. The second kappa shape index (κ2) is 8.83. The molecule has 8 heteroatoms. The van der Waals surface area contributed by atoms with Crippen LogP contribution in [0.15, 0.2) is 54.6 Å². The van der Waals surface area contributed by atoms with Crippen LogP contribution in [-0.2, 0) is 9.47 Å². The molecule has 2 aromatic carbocycles. The molecule has 3 aromatic rings. The van der Waals surface area contributed by atoms with Crippen LogP contribution in [0.4, 0.5) is 23.1 Å². The van der Waals surface area contributed by atoms with Crippen LogP contribution in [0.2, 0.25) is 0 Å². The highest BCUT2D eigenvalue weighted by Gasteiger charge is 2.14. The first-order valence-electron chi connectivity index (χ1n) is 8.76. The van der Waals surface area contributed by atoms with Crippen LogP contribution in [-0.4, -0.2) is 36.1 Å². The van der Waals surface area contributed by atoms with Crippen molar-refractivity contribution in [2.75, 3.05) is 24.9 Å². The fourth-order valence-corrected chi connectivity index (χ4v) is 2.71. The van der Waals surface area contributed by atoms with Crippen molar-refractivity contribution in [3.8, 4) is 0 Å². The van der Waals surface area contributed by atoms with E-state index in [4.69, 9.17) is 9.47 Å². The summed E-state index contributed by atoms with van der Waals surface area (Å²) in [5.74, 6) is -0.151. The Morgan fingerprint density at radius 3 is 1.86 bits per heavy atom. The molecule has 0 saturated carbocycles. The van der Waals surface area contributed by atoms with Gasteiger partial charge in [0.25, 0.3) is 0 Å². The Labute approximate surface area is 167 Å². The van der Waals surface area contributed by atoms with E-state index in [2.05, 4.69) is 20.6 Å². The van der Waals surface area contributed by atoms with Crippen molar-refractivity contribution in [3.05, 3.63) is 71.4 Å². The third kappa shape index (κ3) is 4.67. The summed E-state index contributed by atoms with van der Waals surface area (Å²) in [5, 5.41) is 6.17. The Bertz CT molecular complexity index is 973. The number of carbonyl (C=O) groups excluding carboxylic acids is 2. The number of aromatic nitrogens is 2. The van der Waals surface area contributed by atoms with Crippen molar-refractivity contribution in [2.24, 2.45) is 0 Å². The summed E-state index contributed by atoms with van der Waals surface area (Å²) in [6, 6.07) is 15.6. The summed E-state index contributed by atoms with van der Waals surface area (Å²) in [7, 11) is 2.65. The number of para-hydroxylation sites is 2. The summed E-state index contributed by atoms with van der Waals surface area (Å²) in [6.07, 6.45) is 0. The Kier molecular flexibility index (Phi) is 6.03. The Hall–Kier alpha value is -3.94. The lowest BCUT2D eigenvalue weighted by Gasteiger charge is -2.13. The molecule has 0 spiro atoms. The first-order valence-corrected chi connectivity index (χ1v) is 8.76. The Balaban J connectivity index is 1.91. The van der Waals surface area contributed by atoms with Crippen LogP contribution in [0.3, 0.4) is 0 Å². The number of methoxy groups -OCH3 is 2. The molecular formula is C21H20N4O4. The summed E-state index contributed by atoms with van der Waals surface area (Å²) in [5.41, 5.74) is 2.52. The number of ether oxygens (including phenoxy) is 2. The molecule has 3 rings (SSSR count). The van der Waals surface area contributed by atoms with Gasteiger partial charge < -0.3 is 20.1 Å². The zero-order chi connectivity index (χ0) is 20.8. The summed E-state index contributed by atoms with van der Waals surface area (Å²) in [4.78, 5) is 32.8. The van der Waals surface area contributed by atoms with Gasteiger partial charge in [0.05, 0.1) is 36.7 Å². The SMILES string of the molecule is COC(=O)c1ccccc1Nc1cc(C)nc(Nc2ccccc2C(=O)OC)n1. The normalized spacial score (nSPS) is 10.2. The molecule has 1 heterocycles. The van der Waals surface area contributed by atoms with Gasteiger partial charge in [0, 0.05) is 11.8 Å². The predicted octanol–water partition coefficient (Wildman–Crippen LogP) is 3.85. The second-order valence-corrected chi connectivity index (χ2v) is 6.04. The molecule has 0 bridgehead atoms. The number of nitrogens with zero attached hydrogens (tertiary/aromatic N) is 2. The van der Waals surface area contributed by atoms with Crippen LogP contribution in [0.25, 0.3) is 0 Å². The maximum absolute atomic E-state index is 12.0. The molecule has 0 unspecified atom stereocenters. The van der Waals surface area contributed by atoms with Crippen LogP contribution in [0, 0.1) is 6.92 Å². The van der Waals surface area contributed by atoms with E-state index < -0.39 is 11.9 Å². The molecule has 2 N–H and O–H groups in total. The maximum atomic E-state index is 12.0. The Morgan fingerprint density at radius 2 is 1.31 bits per heavy atom. The van der Waals surface area contributed by atoms with Gasteiger partial charge in [-0.2, -0.15) is 4.98 Å². The number of esters is 2. The van der Waals surface area contributed by atoms with Crippen LogP contribution in [0.1, 0.15) is 26.4 Å². The quantitative estimate of drug-likeness (QED) is 0.610. The smallest absolute Gasteiger partial charge is 0.339 e. The monoisotopic (exact) mass is 392 g/mol. The van der Waals surface area contributed by atoms with Crippen molar-refractivity contribution >= 4 is 35.1 Å². The molecular weight excluding hydrogens is 372 g/mol. The highest BCUT2D eigenvalue weighted by molar-refractivity contribution is 5.97. The van der Waals surface area contributed by atoms with E-state index in [9.17, 15) is 9.59 Å². The molecule has 0 saturated heterocycles. The molecule has 148 valence electrons. The van der Waals surface area contributed by atoms with E-state index in [1.54, 1.807) is 54.6 Å². The van der Waals surface area contributed by atoms with Gasteiger partial charge in [-0.05, 0) is 31.2 Å². The average molecular weight is 392 g/mol. The van der Waals surface area contributed by atoms with Crippen molar-refractivity contribution < 1.29 is 19.1 Å². The van der Waals surface area contributed by atoms with Gasteiger partial charge in [-0.1, -0.05) is 24.3 Å². The first-order chi connectivity index (χ1) is 14.0. The topological polar surface area (TPSA) is 102 Å². The molecule has 0 aliphatic carbocycles. The molecule has 0 aliphatic rings. The van der Waals surface area contributed by atoms with Gasteiger partial charge >= 0.3 is 11.9 Å². The van der Waals surface area contributed by atoms with Gasteiger partial charge in [0.2, 0.25) is 5.95 Å². The summed E-state index contributed by atoms with van der Waals surface area (Å²) < 4.78 is 9.63. The first kappa shape index (κ1) is 19.8. The van der Waals surface area contributed by atoms with Crippen molar-refractivity contribution in [3.63, 3.8) is 0 Å². The van der Waals surface area contributed by atoms with E-state index >= 15 is 0 Å². The number of benzene rings is 2. The molecule has 0 radical (unpaired) electrons. The van der Waals surface area contributed by atoms with Gasteiger partial charge in [0.1, 0.15) is 5.82 Å². The molecule has 0 aliphatic heterocycles. The lowest BCUT2D eigenvalue weighted by molar-refractivity contribution is 0.0593. The van der Waals surface area contributed by atoms with Gasteiger partial charge in [-0.25, -0.2) is 14.6 Å². The number of hydrogen-bond donors (Lipinski definition) is 2. The minimum Gasteiger partial charge on any atom is -0.465 e. The van der Waals surface area contributed by atoms with Gasteiger partial charge in [0.15, 0.2) is 0 Å². The number of hydrogen-bond acceptors (Lipinski definition) is 8. The van der Waals surface area contributed by atoms with Crippen LogP contribution in [0.5, 0.6) is 0 Å². The van der Waals surface area contributed by atoms with Crippen molar-refractivity contribution in [1.29, 1.82) is 0 Å². The number of aryl methyl sites for hydroxylation is 1. The summed E-state index contributed by atoms with van der Waals surface area (Å²) in [6.45, 7) is 1.82. The van der Waals surface area contributed by atoms with Gasteiger partial charge in [-0.3, -0.25) is 0 Å². The van der Waals surface area contributed by atoms with E-state index in [1.165, 1.54) is 14.2 Å². The third-order valence-electron chi connectivity index (χ3n) is 4.03. The fourth-order valence-electron chi connectivity index (χ4n) is 2.71. The fraction of sp³-hybridized carbons (Fsp3) is 0.143. The van der Waals surface area contributed by atoms with Crippen LogP contribution >= 0.6 is 0 Å². The molecule has 0 amide bonds. The summed E-state index contributed by atoms with van der Waals surface area (Å²) >= 11 is 0. The third-order valence-corrected chi connectivity index (χ3v) is 4.03. The largest absolute Gasteiger partial charge is 0.465 e. The standard InChI is InChI=1S/C21H20N4O4/c1-13-12-18(23-16-10-6-4-8-14(16)19(26)28-2)25-21(22-13)24-17-11-7-5-9-15(17)20(27)29-3/h4-12H,1-3H3,(H2,22,23,24,25). The molecule has 29 heavy (non-hydrogen) atoms. The number of anilines is 4. The Morgan fingerprint density at radius 1 is 0.793 bits per heavy atom. The van der Waals surface area contributed by atoms with E-state index in [0.29, 0.717) is 40.0 Å². The maximum Gasteiger partial charge on any atom is 0.339 e. The highest BCUT2D eigenvalue weighted by Crippen LogP contribution is 2.24. The zero-order valence-corrected chi connectivity index (χ0v) is 16.2. The molecule has 0 fully saturated rings.